The van der Waals surface area contributed by atoms with Crippen LogP contribution in [0, 0.1) is 0 Å². The normalized spacial score (nSPS) is 18.5. The Morgan fingerprint density at radius 3 is 2.83 bits per heavy atom. The van der Waals surface area contributed by atoms with E-state index in [9.17, 15) is 9.90 Å². The van der Waals surface area contributed by atoms with Gasteiger partial charge in [-0.15, -0.1) is 0 Å². The van der Waals surface area contributed by atoms with E-state index in [1.807, 2.05) is 6.92 Å². The summed E-state index contributed by atoms with van der Waals surface area (Å²) in [7, 11) is 1.32. The van der Waals surface area contributed by atoms with Gasteiger partial charge in [0.05, 0.1) is 13.2 Å². The van der Waals surface area contributed by atoms with E-state index in [2.05, 4.69) is 4.74 Å². The second-order valence-electron chi connectivity index (χ2n) is 4.08. The van der Waals surface area contributed by atoms with E-state index in [1.54, 1.807) is 18.2 Å². The highest BCUT2D eigenvalue weighted by molar-refractivity contribution is 5.69. The van der Waals surface area contributed by atoms with Gasteiger partial charge in [0, 0.05) is 0 Å². The molecule has 1 heterocycles. The minimum Gasteiger partial charge on any atom is -0.469 e. The number of ether oxygens (including phenoxy) is 3. The third-order valence-corrected chi connectivity index (χ3v) is 2.82. The summed E-state index contributed by atoms with van der Waals surface area (Å²) in [6.45, 7) is 1.90. The van der Waals surface area contributed by atoms with Crippen molar-refractivity contribution in [3.63, 3.8) is 0 Å². The van der Waals surface area contributed by atoms with Crippen LogP contribution >= 0.6 is 0 Å². The molecular formula is C13H16O5. The second kappa shape index (κ2) is 5.27. The van der Waals surface area contributed by atoms with Crippen molar-refractivity contribution in [1.82, 2.24) is 0 Å². The Hall–Kier alpha value is -1.75. The van der Waals surface area contributed by atoms with Crippen molar-refractivity contribution in [1.29, 1.82) is 0 Å². The minimum atomic E-state index is -0.651. The lowest BCUT2D eigenvalue weighted by atomic mass is 10.1. The van der Waals surface area contributed by atoms with Crippen LogP contribution in [0.4, 0.5) is 0 Å². The highest BCUT2D eigenvalue weighted by atomic mass is 16.7. The minimum absolute atomic E-state index is 0.0385. The molecule has 1 aromatic rings. The number of hydrogen-bond acceptors (Lipinski definition) is 5. The summed E-state index contributed by atoms with van der Waals surface area (Å²) < 4.78 is 15.5. The van der Waals surface area contributed by atoms with Gasteiger partial charge in [-0.05, 0) is 24.1 Å². The molecule has 0 spiro atoms. The SMILES string of the molecule is CCC(O)c1ccc2c(c1)OC(CC(=O)OC)O2. The molecule has 0 fully saturated rings. The van der Waals surface area contributed by atoms with Crippen LogP contribution in [0.25, 0.3) is 0 Å². The number of methoxy groups -OCH3 is 1. The molecule has 5 nitrogen and oxygen atoms in total. The molecule has 0 bridgehead atoms. The summed E-state index contributed by atoms with van der Waals surface area (Å²) in [5.74, 6) is 0.742. The smallest absolute Gasteiger partial charge is 0.313 e. The van der Waals surface area contributed by atoms with Crippen LogP contribution < -0.4 is 9.47 Å². The summed E-state index contributed by atoms with van der Waals surface area (Å²) in [5.41, 5.74) is 0.776. The summed E-state index contributed by atoms with van der Waals surface area (Å²) >= 11 is 0. The van der Waals surface area contributed by atoms with E-state index >= 15 is 0 Å². The number of aliphatic hydroxyl groups excluding tert-OH is 1. The summed E-state index contributed by atoms with van der Waals surface area (Å²) in [4.78, 5) is 11.1. The van der Waals surface area contributed by atoms with E-state index in [1.165, 1.54) is 7.11 Å². The van der Waals surface area contributed by atoms with Gasteiger partial charge in [0.2, 0.25) is 0 Å². The molecule has 2 rings (SSSR count). The van der Waals surface area contributed by atoms with Crippen molar-refractivity contribution in [2.45, 2.75) is 32.2 Å². The molecule has 0 aliphatic carbocycles. The summed E-state index contributed by atoms with van der Waals surface area (Å²) in [5, 5.41) is 9.74. The number of benzene rings is 1. The third kappa shape index (κ3) is 2.56. The van der Waals surface area contributed by atoms with E-state index in [0.717, 1.165) is 5.56 Å². The van der Waals surface area contributed by atoms with Gasteiger partial charge in [0.15, 0.2) is 11.5 Å². The third-order valence-electron chi connectivity index (χ3n) is 2.82. The lowest BCUT2D eigenvalue weighted by molar-refractivity contribution is -0.145. The Labute approximate surface area is 105 Å². The highest BCUT2D eigenvalue weighted by Gasteiger charge is 2.27. The lowest BCUT2D eigenvalue weighted by Crippen LogP contribution is -2.22. The number of hydrogen-bond donors (Lipinski definition) is 1. The van der Waals surface area contributed by atoms with Crippen molar-refractivity contribution < 1.29 is 24.1 Å². The maximum Gasteiger partial charge on any atom is 0.313 e. The molecular weight excluding hydrogens is 236 g/mol. The topological polar surface area (TPSA) is 65.0 Å². The Kier molecular flexibility index (Phi) is 3.72. The average molecular weight is 252 g/mol. The molecule has 0 saturated carbocycles. The number of aliphatic hydroxyl groups is 1. The fraction of sp³-hybridized carbons (Fsp3) is 0.462. The Morgan fingerprint density at radius 2 is 2.17 bits per heavy atom. The van der Waals surface area contributed by atoms with Crippen molar-refractivity contribution >= 4 is 5.97 Å². The quantitative estimate of drug-likeness (QED) is 0.827. The average Bonchev–Trinajstić information content (AvgIpc) is 2.78. The molecule has 1 aromatic carbocycles. The number of carbonyl (C=O) groups is 1. The standard InChI is InChI=1S/C13H16O5/c1-3-9(14)8-4-5-10-11(6-8)18-13(17-10)7-12(15)16-2/h4-6,9,13-14H,3,7H2,1-2H3. The van der Waals surface area contributed by atoms with Gasteiger partial charge in [-0.3, -0.25) is 4.79 Å². The molecule has 98 valence electrons. The second-order valence-corrected chi connectivity index (χ2v) is 4.08. The molecule has 0 amide bonds. The zero-order chi connectivity index (χ0) is 13.1. The van der Waals surface area contributed by atoms with Crippen molar-refractivity contribution in [3.05, 3.63) is 23.8 Å². The van der Waals surface area contributed by atoms with Crippen LogP contribution in [0.15, 0.2) is 18.2 Å². The van der Waals surface area contributed by atoms with Crippen LogP contribution in [0.5, 0.6) is 11.5 Å². The molecule has 2 atom stereocenters. The maximum absolute atomic E-state index is 11.1. The van der Waals surface area contributed by atoms with Crippen LogP contribution in [0.2, 0.25) is 0 Å². The van der Waals surface area contributed by atoms with Gasteiger partial charge in [-0.1, -0.05) is 13.0 Å². The molecule has 2 unspecified atom stereocenters. The first kappa shape index (κ1) is 12.7. The predicted molar refractivity (Wildman–Crippen MR) is 63.4 cm³/mol. The Bertz CT molecular complexity index is 443. The van der Waals surface area contributed by atoms with E-state index < -0.39 is 12.4 Å². The van der Waals surface area contributed by atoms with Crippen LogP contribution in [-0.2, 0) is 9.53 Å². The zero-order valence-electron chi connectivity index (χ0n) is 10.4. The molecule has 1 aliphatic heterocycles. The highest BCUT2D eigenvalue weighted by Crippen LogP contribution is 2.37. The number of esters is 1. The first-order valence-electron chi connectivity index (χ1n) is 5.86. The fourth-order valence-electron chi connectivity index (χ4n) is 1.77. The molecule has 0 radical (unpaired) electrons. The first-order chi connectivity index (χ1) is 8.63. The molecule has 5 heteroatoms. The molecule has 18 heavy (non-hydrogen) atoms. The summed E-state index contributed by atoms with van der Waals surface area (Å²) in [6, 6.07) is 5.26. The molecule has 0 saturated heterocycles. The molecule has 0 aromatic heterocycles. The van der Waals surface area contributed by atoms with Gasteiger partial charge >= 0.3 is 5.97 Å². The number of fused-ring (bicyclic) bond motifs is 1. The number of carbonyl (C=O) groups excluding carboxylic acids is 1. The largest absolute Gasteiger partial charge is 0.469 e. The lowest BCUT2D eigenvalue weighted by Gasteiger charge is -2.08. The fourth-order valence-corrected chi connectivity index (χ4v) is 1.77. The van der Waals surface area contributed by atoms with Crippen LogP contribution in [0.1, 0.15) is 31.4 Å². The van der Waals surface area contributed by atoms with Gasteiger partial charge in [0.25, 0.3) is 6.29 Å². The predicted octanol–water partition coefficient (Wildman–Crippen LogP) is 1.79. The van der Waals surface area contributed by atoms with Crippen molar-refractivity contribution in [2.24, 2.45) is 0 Å². The van der Waals surface area contributed by atoms with Gasteiger partial charge in [-0.25, -0.2) is 0 Å². The van der Waals surface area contributed by atoms with Crippen molar-refractivity contribution in [2.75, 3.05) is 7.11 Å². The Balaban J connectivity index is 2.08. The number of rotatable bonds is 4. The van der Waals surface area contributed by atoms with E-state index in [4.69, 9.17) is 9.47 Å². The van der Waals surface area contributed by atoms with Gasteiger partial charge in [-0.2, -0.15) is 0 Å². The van der Waals surface area contributed by atoms with Crippen molar-refractivity contribution in [3.8, 4) is 11.5 Å². The maximum atomic E-state index is 11.1. The first-order valence-corrected chi connectivity index (χ1v) is 5.86. The van der Waals surface area contributed by atoms with Gasteiger partial charge < -0.3 is 19.3 Å². The summed E-state index contributed by atoms with van der Waals surface area (Å²) in [6.07, 6.45) is -0.498. The molecule has 1 aliphatic rings. The van der Waals surface area contributed by atoms with E-state index in [-0.39, 0.29) is 12.4 Å². The monoisotopic (exact) mass is 252 g/mol. The van der Waals surface area contributed by atoms with Gasteiger partial charge in [0.1, 0.15) is 6.42 Å². The molecule has 1 N–H and O–H groups in total. The van der Waals surface area contributed by atoms with Crippen LogP contribution in [-0.4, -0.2) is 24.5 Å². The Morgan fingerprint density at radius 1 is 1.44 bits per heavy atom. The van der Waals surface area contributed by atoms with Crippen LogP contribution in [0.3, 0.4) is 0 Å². The zero-order valence-corrected chi connectivity index (χ0v) is 10.4. The van der Waals surface area contributed by atoms with E-state index in [0.29, 0.717) is 17.9 Å².